The number of rotatable bonds is 7. The number of anilines is 1. The van der Waals surface area contributed by atoms with E-state index in [1.54, 1.807) is 24.3 Å². The van der Waals surface area contributed by atoms with Crippen LogP contribution in [0, 0.1) is 6.92 Å². The SMILES string of the molecule is Cc1cc(Br)ccc1NC(=O)CCCCCN1C(=O)c2ccccc2C1=O. The monoisotopic (exact) mass is 428 g/mol. The molecule has 6 heteroatoms. The van der Waals surface area contributed by atoms with Crippen LogP contribution in [0.3, 0.4) is 0 Å². The Bertz CT molecular complexity index is 860. The van der Waals surface area contributed by atoms with Crippen LogP contribution >= 0.6 is 15.9 Å². The molecule has 0 bridgehead atoms. The van der Waals surface area contributed by atoms with Crippen molar-refractivity contribution in [3.8, 4) is 0 Å². The maximum Gasteiger partial charge on any atom is 0.261 e. The van der Waals surface area contributed by atoms with E-state index in [4.69, 9.17) is 0 Å². The molecular formula is C21H21BrN2O3. The minimum atomic E-state index is -0.223. The lowest BCUT2D eigenvalue weighted by Crippen LogP contribution is -2.30. The predicted octanol–water partition coefficient (Wildman–Crippen LogP) is 4.55. The standard InChI is InChI=1S/C21H21BrN2O3/c1-14-13-15(22)10-11-18(14)23-19(25)9-3-2-6-12-24-20(26)16-7-4-5-8-17(16)21(24)27/h4-5,7-8,10-11,13H,2-3,6,9,12H2,1H3,(H,23,25). The third-order valence-corrected chi connectivity index (χ3v) is 5.12. The molecule has 1 N–H and O–H groups in total. The van der Waals surface area contributed by atoms with Crippen LogP contribution in [0.4, 0.5) is 5.69 Å². The minimum absolute atomic E-state index is 0.0267. The third kappa shape index (κ3) is 4.45. The van der Waals surface area contributed by atoms with Crippen LogP contribution in [0.2, 0.25) is 0 Å². The number of hydrogen-bond donors (Lipinski definition) is 1. The number of aryl methyl sites for hydroxylation is 1. The fourth-order valence-corrected chi connectivity index (χ4v) is 3.63. The summed E-state index contributed by atoms with van der Waals surface area (Å²) in [6, 6.07) is 12.6. The van der Waals surface area contributed by atoms with Gasteiger partial charge in [-0.3, -0.25) is 19.3 Å². The highest BCUT2D eigenvalue weighted by Crippen LogP contribution is 2.23. The summed E-state index contributed by atoms with van der Waals surface area (Å²) in [6.45, 7) is 2.34. The fourth-order valence-electron chi connectivity index (χ4n) is 3.15. The van der Waals surface area contributed by atoms with Gasteiger partial charge in [0.1, 0.15) is 0 Å². The maximum absolute atomic E-state index is 12.3. The van der Waals surface area contributed by atoms with E-state index in [-0.39, 0.29) is 17.7 Å². The van der Waals surface area contributed by atoms with Gasteiger partial charge in [0.15, 0.2) is 0 Å². The van der Waals surface area contributed by atoms with Crippen molar-refractivity contribution in [3.63, 3.8) is 0 Å². The average Bonchev–Trinajstić information content (AvgIpc) is 2.89. The molecule has 5 nitrogen and oxygen atoms in total. The van der Waals surface area contributed by atoms with Crippen molar-refractivity contribution in [2.24, 2.45) is 0 Å². The fraction of sp³-hybridized carbons (Fsp3) is 0.286. The molecule has 0 unspecified atom stereocenters. The molecule has 3 rings (SSSR count). The number of nitrogens with one attached hydrogen (secondary N) is 1. The molecule has 0 spiro atoms. The molecule has 0 aromatic heterocycles. The summed E-state index contributed by atoms with van der Waals surface area (Å²) >= 11 is 3.40. The van der Waals surface area contributed by atoms with Gasteiger partial charge in [0.2, 0.25) is 5.91 Å². The summed E-state index contributed by atoms with van der Waals surface area (Å²) in [7, 11) is 0. The Morgan fingerprint density at radius 2 is 1.67 bits per heavy atom. The van der Waals surface area contributed by atoms with Crippen LogP contribution in [-0.2, 0) is 4.79 Å². The highest BCUT2D eigenvalue weighted by molar-refractivity contribution is 9.10. The molecule has 27 heavy (non-hydrogen) atoms. The number of imide groups is 1. The lowest BCUT2D eigenvalue weighted by Gasteiger charge is -2.13. The van der Waals surface area contributed by atoms with Gasteiger partial charge in [-0.15, -0.1) is 0 Å². The maximum atomic E-state index is 12.3. The minimum Gasteiger partial charge on any atom is -0.326 e. The van der Waals surface area contributed by atoms with Crippen LogP contribution in [0.15, 0.2) is 46.9 Å². The van der Waals surface area contributed by atoms with Crippen molar-refractivity contribution < 1.29 is 14.4 Å². The van der Waals surface area contributed by atoms with Crippen molar-refractivity contribution in [2.75, 3.05) is 11.9 Å². The first-order valence-electron chi connectivity index (χ1n) is 8.98. The molecule has 0 radical (unpaired) electrons. The molecule has 1 aliphatic rings. The molecule has 140 valence electrons. The Hall–Kier alpha value is -2.47. The topological polar surface area (TPSA) is 66.5 Å². The van der Waals surface area contributed by atoms with E-state index in [9.17, 15) is 14.4 Å². The van der Waals surface area contributed by atoms with Gasteiger partial charge in [-0.25, -0.2) is 0 Å². The Kier molecular flexibility index (Phi) is 6.06. The zero-order chi connectivity index (χ0) is 19.4. The molecule has 1 aliphatic heterocycles. The van der Waals surface area contributed by atoms with E-state index in [0.29, 0.717) is 36.9 Å². The lowest BCUT2D eigenvalue weighted by molar-refractivity contribution is -0.116. The quantitative estimate of drug-likeness (QED) is 0.519. The molecule has 1 heterocycles. The van der Waals surface area contributed by atoms with E-state index in [2.05, 4.69) is 21.2 Å². The Morgan fingerprint density at radius 1 is 1.00 bits per heavy atom. The molecule has 0 aliphatic carbocycles. The molecular weight excluding hydrogens is 408 g/mol. The molecule has 0 saturated heterocycles. The van der Waals surface area contributed by atoms with Crippen molar-refractivity contribution in [2.45, 2.75) is 32.6 Å². The smallest absolute Gasteiger partial charge is 0.261 e. The normalized spacial score (nSPS) is 13.0. The van der Waals surface area contributed by atoms with Gasteiger partial charge in [-0.1, -0.05) is 34.5 Å². The van der Waals surface area contributed by atoms with Crippen LogP contribution in [0.1, 0.15) is 52.0 Å². The molecule has 2 aromatic carbocycles. The number of halogens is 1. The van der Waals surface area contributed by atoms with Gasteiger partial charge in [0.05, 0.1) is 11.1 Å². The van der Waals surface area contributed by atoms with E-state index in [1.807, 2.05) is 25.1 Å². The summed E-state index contributed by atoms with van der Waals surface area (Å²) in [5.41, 5.74) is 2.77. The number of carbonyl (C=O) groups excluding carboxylic acids is 3. The van der Waals surface area contributed by atoms with E-state index in [1.165, 1.54) is 4.90 Å². The van der Waals surface area contributed by atoms with Crippen molar-refractivity contribution in [1.29, 1.82) is 0 Å². The largest absolute Gasteiger partial charge is 0.326 e. The Morgan fingerprint density at radius 3 is 2.30 bits per heavy atom. The first-order valence-corrected chi connectivity index (χ1v) is 9.78. The molecule has 3 amide bonds. The third-order valence-electron chi connectivity index (χ3n) is 4.63. The summed E-state index contributed by atoms with van der Waals surface area (Å²) in [5.74, 6) is -0.473. The van der Waals surface area contributed by atoms with Crippen LogP contribution in [0.5, 0.6) is 0 Å². The second-order valence-electron chi connectivity index (χ2n) is 6.63. The number of unbranched alkanes of at least 4 members (excludes halogenated alkanes) is 2. The first kappa shape index (κ1) is 19.3. The zero-order valence-corrected chi connectivity index (χ0v) is 16.7. The van der Waals surface area contributed by atoms with Gasteiger partial charge < -0.3 is 5.32 Å². The van der Waals surface area contributed by atoms with Gasteiger partial charge in [-0.2, -0.15) is 0 Å². The number of hydrogen-bond acceptors (Lipinski definition) is 3. The van der Waals surface area contributed by atoms with Crippen LogP contribution in [0.25, 0.3) is 0 Å². The number of nitrogens with zero attached hydrogens (tertiary/aromatic N) is 1. The predicted molar refractivity (Wildman–Crippen MR) is 108 cm³/mol. The van der Waals surface area contributed by atoms with Crippen molar-refractivity contribution in [1.82, 2.24) is 4.90 Å². The first-order chi connectivity index (χ1) is 13.0. The summed E-state index contributed by atoms with van der Waals surface area (Å²) in [4.78, 5) is 37.9. The average molecular weight is 429 g/mol. The Labute approximate surface area is 166 Å². The molecule has 2 aromatic rings. The molecule has 0 saturated carbocycles. The van der Waals surface area contributed by atoms with Gasteiger partial charge in [-0.05, 0) is 55.7 Å². The van der Waals surface area contributed by atoms with Gasteiger partial charge in [0, 0.05) is 23.1 Å². The zero-order valence-electron chi connectivity index (χ0n) is 15.1. The summed E-state index contributed by atoms with van der Waals surface area (Å²) in [5, 5.41) is 2.92. The number of benzene rings is 2. The highest BCUT2D eigenvalue weighted by Gasteiger charge is 2.34. The number of amides is 3. The summed E-state index contributed by atoms with van der Waals surface area (Å²) < 4.78 is 0.978. The second-order valence-corrected chi connectivity index (χ2v) is 7.54. The number of carbonyl (C=O) groups is 3. The number of fused-ring (bicyclic) bond motifs is 1. The highest BCUT2D eigenvalue weighted by atomic mass is 79.9. The van der Waals surface area contributed by atoms with Gasteiger partial charge in [0.25, 0.3) is 11.8 Å². The van der Waals surface area contributed by atoms with E-state index < -0.39 is 0 Å². The molecule has 0 atom stereocenters. The van der Waals surface area contributed by atoms with Crippen LogP contribution in [-0.4, -0.2) is 29.2 Å². The van der Waals surface area contributed by atoms with E-state index >= 15 is 0 Å². The molecule has 0 fully saturated rings. The van der Waals surface area contributed by atoms with Gasteiger partial charge >= 0.3 is 0 Å². The second kappa shape index (κ2) is 8.48. The van der Waals surface area contributed by atoms with Crippen LogP contribution < -0.4 is 5.32 Å². The van der Waals surface area contributed by atoms with Crippen molar-refractivity contribution >= 4 is 39.3 Å². The lowest BCUT2D eigenvalue weighted by atomic mass is 10.1. The summed E-state index contributed by atoms with van der Waals surface area (Å²) in [6.07, 6.45) is 2.60. The van der Waals surface area contributed by atoms with Crippen molar-refractivity contribution in [3.05, 3.63) is 63.6 Å². The Balaban J connectivity index is 1.40. The van der Waals surface area contributed by atoms with E-state index in [0.717, 1.165) is 22.1 Å².